The first kappa shape index (κ1) is 16.2. The van der Waals surface area contributed by atoms with Crippen molar-refractivity contribution in [1.82, 2.24) is 0 Å². The van der Waals surface area contributed by atoms with Crippen molar-refractivity contribution in [2.24, 2.45) is 0 Å². The van der Waals surface area contributed by atoms with E-state index >= 15 is 0 Å². The van der Waals surface area contributed by atoms with E-state index in [1.165, 1.54) is 18.2 Å². The second-order valence-corrected chi connectivity index (χ2v) is 3.88. The van der Waals surface area contributed by atoms with Gasteiger partial charge in [0.1, 0.15) is 12.4 Å². The third-order valence-electron chi connectivity index (χ3n) is 2.39. The Labute approximate surface area is 122 Å². The van der Waals surface area contributed by atoms with Crippen LogP contribution in [0.3, 0.4) is 0 Å². The van der Waals surface area contributed by atoms with Crippen LogP contribution in [-0.4, -0.2) is 11.1 Å². The molecule has 6 nitrogen and oxygen atoms in total. The minimum absolute atomic E-state index is 0.152. The van der Waals surface area contributed by atoms with E-state index in [0.29, 0.717) is 16.9 Å². The van der Waals surface area contributed by atoms with E-state index < -0.39 is 11.1 Å². The van der Waals surface area contributed by atoms with Gasteiger partial charge in [0.05, 0.1) is 5.57 Å². The summed E-state index contributed by atoms with van der Waals surface area (Å²) in [5, 5.41) is 9.21. The Hall–Kier alpha value is -2.89. The van der Waals surface area contributed by atoms with Crippen LogP contribution in [0.1, 0.15) is 12.5 Å². The van der Waals surface area contributed by atoms with Crippen LogP contribution in [0.25, 0.3) is 0 Å². The minimum atomic E-state index is -0.865. The van der Waals surface area contributed by atoms with Crippen molar-refractivity contribution in [3.8, 4) is 5.75 Å². The van der Waals surface area contributed by atoms with E-state index in [-0.39, 0.29) is 6.61 Å². The molecular formula is C15H15NO5. The fraction of sp³-hybridized carbons (Fsp3) is 0.133. The monoisotopic (exact) mass is 289 g/mol. The lowest BCUT2D eigenvalue weighted by Gasteiger charge is -2.05. The topological polar surface area (TPSA) is 78.7 Å². The Kier molecular flexibility index (Phi) is 6.40. The SMILES string of the molecule is C=C/C(=C\C=C/C)C(=O)Oc1ccc(CO[N+](=O)[O-])cc1. The number of ether oxygens (including phenoxy) is 1. The van der Waals surface area contributed by atoms with Crippen molar-refractivity contribution in [3.05, 3.63) is 76.4 Å². The van der Waals surface area contributed by atoms with Gasteiger partial charge < -0.3 is 9.57 Å². The van der Waals surface area contributed by atoms with Crippen molar-refractivity contribution in [2.75, 3.05) is 0 Å². The van der Waals surface area contributed by atoms with Gasteiger partial charge in [-0.2, -0.15) is 0 Å². The molecule has 0 bridgehead atoms. The van der Waals surface area contributed by atoms with Gasteiger partial charge in [-0.15, -0.1) is 10.1 Å². The zero-order valence-electron chi connectivity index (χ0n) is 11.5. The average Bonchev–Trinajstić information content (AvgIpc) is 2.47. The van der Waals surface area contributed by atoms with Crippen molar-refractivity contribution < 1.29 is 19.5 Å². The Balaban J connectivity index is 2.68. The number of benzene rings is 1. The molecule has 0 spiro atoms. The first-order valence-electron chi connectivity index (χ1n) is 6.10. The summed E-state index contributed by atoms with van der Waals surface area (Å²) in [6, 6.07) is 6.23. The van der Waals surface area contributed by atoms with E-state index in [1.807, 2.05) is 6.92 Å². The number of carbonyl (C=O) groups is 1. The second kappa shape index (κ2) is 8.31. The van der Waals surface area contributed by atoms with Gasteiger partial charge in [0, 0.05) is 0 Å². The highest BCUT2D eigenvalue weighted by Gasteiger charge is 2.08. The number of rotatable bonds is 7. The Morgan fingerprint density at radius 2 is 2.05 bits per heavy atom. The molecule has 0 N–H and O–H groups in total. The average molecular weight is 289 g/mol. The maximum Gasteiger partial charge on any atom is 0.343 e. The molecule has 0 fully saturated rings. The molecule has 0 saturated heterocycles. The molecule has 0 unspecified atom stereocenters. The third-order valence-corrected chi connectivity index (χ3v) is 2.39. The van der Waals surface area contributed by atoms with Crippen molar-refractivity contribution in [1.29, 1.82) is 0 Å². The van der Waals surface area contributed by atoms with E-state index in [1.54, 1.807) is 30.4 Å². The molecule has 0 aliphatic rings. The molecule has 6 heteroatoms. The minimum Gasteiger partial charge on any atom is -0.423 e. The van der Waals surface area contributed by atoms with Crippen LogP contribution < -0.4 is 4.74 Å². The summed E-state index contributed by atoms with van der Waals surface area (Å²) in [7, 11) is 0. The van der Waals surface area contributed by atoms with Gasteiger partial charge in [-0.3, -0.25) is 0 Å². The summed E-state index contributed by atoms with van der Waals surface area (Å²) in [5.41, 5.74) is 0.925. The predicted octanol–water partition coefficient (Wildman–Crippen LogP) is 2.99. The van der Waals surface area contributed by atoms with Crippen LogP contribution in [0.15, 0.2) is 60.7 Å². The quantitative estimate of drug-likeness (QED) is 0.192. The smallest absolute Gasteiger partial charge is 0.343 e. The molecule has 0 aliphatic heterocycles. The lowest BCUT2D eigenvalue weighted by atomic mass is 10.2. The summed E-state index contributed by atoms with van der Waals surface area (Å²) >= 11 is 0. The first-order chi connectivity index (χ1) is 10.1. The van der Waals surface area contributed by atoms with Gasteiger partial charge >= 0.3 is 5.97 Å². The lowest BCUT2D eigenvalue weighted by molar-refractivity contribution is -0.763. The van der Waals surface area contributed by atoms with Gasteiger partial charge in [0.15, 0.2) is 0 Å². The molecule has 0 heterocycles. The molecular weight excluding hydrogens is 274 g/mol. The zero-order valence-corrected chi connectivity index (χ0v) is 11.5. The fourth-order valence-corrected chi connectivity index (χ4v) is 1.37. The number of nitrogens with zero attached hydrogens (tertiary/aromatic N) is 1. The summed E-state index contributed by atoms with van der Waals surface area (Å²) in [6.45, 7) is 5.22. The highest BCUT2D eigenvalue weighted by Crippen LogP contribution is 2.15. The van der Waals surface area contributed by atoms with Gasteiger partial charge in [0.25, 0.3) is 5.09 Å². The highest BCUT2D eigenvalue weighted by molar-refractivity contribution is 5.93. The second-order valence-electron chi connectivity index (χ2n) is 3.88. The van der Waals surface area contributed by atoms with Gasteiger partial charge in [-0.25, -0.2) is 4.79 Å². The van der Waals surface area contributed by atoms with Crippen molar-refractivity contribution >= 4 is 5.97 Å². The van der Waals surface area contributed by atoms with E-state index in [9.17, 15) is 14.9 Å². The molecule has 21 heavy (non-hydrogen) atoms. The Morgan fingerprint density at radius 3 is 2.57 bits per heavy atom. The fourth-order valence-electron chi connectivity index (χ4n) is 1.37. The number of carbonyl (C=O) groups excluding carboxylic acids is 1. The molecule has 0 atom stereocenters. The Morgan fingerprint density at radius 1 is 1.38 bits per heavy atom. The first-order valence-corrected chi connectivity index (χ1v) is 6.10. The summed E-state index contributed by atoms with van der Waals surface area (Å²) < 4.78 is 5.16. The van der Waals surface area contributed by atoms with Crippen LogP contribution in [0.4, 0.5) is 0 Å². The van der Waals surface area contributed by atoms with Crippen molar-refractivity contribution in [2.45, 2.75) is 13.5 Å². The standard InChI is InChI=1S/C15H15NO5/c1-3-5-6-13(4-2)15(17)21-14-9-7-12(8-10-14)11-20-16(18)19/h3-10H,2,11H2,1H3/b5-3-,13-6+. The predicted molar refractivity (Wildman–Crippen MR) is 77.0 cm³/mol. The number of hydrogen-bond donors (Lipinski definition) is 0. The number of hydrogen-bond acceptors (Lipinski definition) is 5. The molecule has 0 saturated carbocycles. The molecule has 0 aliphatic carbocycles. The number of allylic oxidation sites excluding steroid dienone is 3. The van der Waals surface area contributed by atoms with E-state index in [4.69, 9.17) is 4.74 Å². The molecule has 1 aromatic carbocycles. The molecule has 0 radical (unpaired) electrons. The van der Waals surface area contributed by atoms with Crippen LogP contribution in [0, 0.1) is 10.1 Å². The van der Waals surface area contributed by atoms with Crippen LogP contribution in [0.5, 0.6) is 5.75 Å². The van der Waals surface area contributed by atoms with E-state index in [0.717, 1.165) is 0 Å². The number of esters is 1. The highest BCUT2D eigenvalue weighted by atomic mass is 16.9. The van der Waals surface area contributed by atoms with Gasteiger partial charge in [-0.05, 0) is 30.7 Å². The van der Waals surface area contributed by atoms with Crippen molar-refractivity contribution in [3.63, 3.8) is 0 Å². The van der Waals surface area contributed by atoms with Gasteiger partial charge in [-0.1, -0.05) is 36.9 Å². The molecule has 0 amide bonds. The molecule has 1 rings (SSSR count). The summed E-state index contributed by atoms with van der Waals surface area (Å²) in [4.78, 5) is 26.1. The lowest BCUT2D eigenvalue weighted by Crippen LogP contribution is -2.09. The maximum atomic E-state index is 11.8. The molecule has 0 aromatic heterocycles. The normalized spacial score (nSPS) is 11.2. The Bertz CT molecular complexity index is 572. The van der Waals surface area contributed by atoms with Gasteiger partial charge in [0.2, 0.25) is 0 Å². The van der Waals surface area contributed by atoms with Crippen LogP contribution in [0.2, 0.25) is 0 Å². The van der Waals surface area contributed by atoms with Crippen LogP contribution >= 0.6 is 0 Å². The largest absolute Gasteiger partial charge is 0.423 e. The maximum absolute atomic E-state index is 11.8. The molecule has 110 valence electrons. The zero-order chi connectivity index (χ0) is 15.7. The third kappa shape index (κ3) is 5.73. The molecule has 1 aromatic rings. The summed E-state index contributed by atoms with van der Waals surface area (Å²) in [5.74, 6) is -0.199. The summed E-state index contributed by atoms with van der Waals surface area (Å²) in [6.07, 6.45) is 6.48. The van der Waals surface area contributed by atoms with Crippen LogP contribution in [-0.2, 0) is 16.2 Å². The van der Waals surface area contributed by atoms with E-state index in [2.05, 4.69) is 11.4 Å².